The molecule has 0 aliphatic carbocycles. The van der Waals surface area contributed by atoms with Gasteiger partial charge in [-0.25, -0.2) is 0 Å². The summed E-state index contributed by atoms with van der Waals surface area (Å²) in [5.41, 5.74) is 0. The summed E-state index contributed by atoms with van der Waals surface area (Å²) >= 11 is 5.73. The standard InChI is InChI=1S/C9H11ClO3S/c1-2-7-13-14(11,12)9-6-4-3-5-8(9)10/h3-6H,2,7H2,1H3. The summed E-state index contributed by atoms with van der Waals surface area (Å²) in [6.07, 6.45) is 0.643. The van der Waals surface area contributed by atoms with Gasteiger partial charge in [-0.05, 0) is 18.6 Å². The molecule has 0 fully saturated rings. The van der Waals surface area contributed by atoms with Crippen LogP contribution in [0.15, 0.2) is 29.2 Å². The number of halogens is 1. The van der Waals surface area contributed by atoms with Crippen molar-refractivity contribution in [1.82, 2.24) is 0 Å². The molecule has 0 unspecified atom stereocenters. The molecule has 1 aromatic rings. The zero-order valence-corrected chi connectivity index (χ0v) is 9.31. The lowest BCUT2D eigenvalue weighted by atomic mass is 10.4. The molecule has 1 aromatic carbocycles. The SMILES string of the molecule is CCCOS(=O)(=O)c1ccccc1Cl. The van der Waals surface area contributed by atoms with E-state index >= 15 is 0 Å². The van der Waals surface area contributed by atoms with E-state index < -0.39 is 10.1 Å². The highest BCUT2D eigenvalue weighted by Crippen LogP contribution is 2.22. The van der Waals surface area contributed by atoms with Gasteiger partial charge in [0.2, 0.25) is 0 Å². The molecule has 0 N–H and O–H groups in total. The van der Waals surface area contributed by atoms with Crippen LogP contribution in [0.2, 0.25) is 5.02 Å². The van der Waals surface area contributed by atoms with Crippen molar-refractivity contribution < 1.29 is 12.6 Å². The summed E-state index contributed by atoms with van der Waals surface area (Å²) in [6.45, 7) is 2.01. The van der Waals surface area contributed by atoms with Crippen molar-refractivity contribution in [2.75, 3.05) is 6.61 Å². The Morgan fingerprint density at radius 2 is 2.00 bits per heavy atom. The van der Waals surface area contributed by atoms with Gasteiger partial charge in [-0.3, -0.25) is 4.18 Å². The summed E-state index contributed by atoms with van der Waals surface area (Å²) in [7, 11) is -3.69. The zero-order chi connectivity index (χ0) is 10.6. The van der Waals surface area contributed by atoms with Crippen molar-refractivity contribution in [3.8, 4) is 0 Å². The average molecular weight is 235 g/mol. The van der Waals surface area contributed by atoms with Crippen molar-refractivity contribution in [3.63, 3.8) is 0 Å². The van der Waals surface area contributed by atoms with E-state index in [0.29, 0.717) is 6.42 Å². The predicted octanol–water partition coefficient (Wildman–Crippen LogP) is 2.46. The van der Waals surface area contributed by atoms with Gasteiger partial charge in [-0.15, -0.1) is 0 Å². The lowest BCUT2D eigenvalue weighted by Gasteiger charge is -2.05. The van der Waals surface area contributed by atoms with Gasteiger partial charge in [0.05, 0.1) is 11.6 Å². The van der Waals surface area contributed by atoms with Crippen molar-refractivity contribution in [2.45, 2.75) is 18.2 Å². The molecule has 0 spiro atoms. The largest absolute Gasteiger partial charge is 0.298 e. The average Bonchev–Trinajstić information content (AvgIpc) is 2.15. The minimum Gasteiger partial charge on any atom is -0.266 e. The molecule has 5 heteroatoms. The molecular weight excluding hydrogens is 224 g/mol. The minimum absolute atomic E-state index is 0.0233. The summed E-state index contributed by atoms with van der Waals surface area (Å²) in [4.78, 5) is 0.0233. The molecule has 0 aliphatic rings. The van der Waals surface area contributed by atoms with Gasteiger partial charge < -0.3 is 0 Å². The van der Waals surface area contributed by atoms with Crippen LogP contribution in [0.25, 0.3) is 0 Å². The zero-order valence-electron chi connectivity index (χ0n) is 7.73. The van der Waals surface area contributed by atoms with E-state index in [1.807, 2.05) is 6.92 Å². The van der Waals surface area contributed by atoms with Gasteiger partial charge in [-0.1, -0.05) is 30.7 Å². The molecule has 0 aliphatic heterocycles. The number of hydrogen-bond acceptors (Lipinski definition) is 3. The molecule has 0 atom stereocenters. The molecule has 0 saturated carbocycles. The maximum Gasteiger partial charge on any atom is 0.298 e. The first-order chi connectivity index (χ1) is 6.58. The quantitative estimate of drug-likeness (QED) is 0.752. The molecule has 0 aromatic heterocycles. The van der Waals surface area contributed by atoms with Crippen LogP contribution >= 0.6 is 11.6 Å². The third kappa shape index (κ3) is 2.70. The Morgan fingerprint density at radius 3 is 2.57 bits per heavy atom. The van der Waals surface area contributed by atoms with E-state index in [0.717, 1.165) is 0 Å². The molecule has 0 saturated heterocycles. The number of benzene rings is 1. The smallest absolute Gasteiger partial charge is 0.266 e. The van der Waals surface area contributed by atoms with Crippen LogP contribution in [0.3, 0.4) is 0 Å². The van der Waals surface area contributed by atoms with Crippen LogP contribution in [0.5, 0.6) is 0 Å². The molecule has 0 heterocycles. The van der Waals surface area contributed by atoms with Crippen molar-refractivity contribution in [3.05, 3.63) is 29.3 Å². The molecule has 0 amide bonds. The third-order valence-corrected chi connectivity index (χ3v) is 3.36. The summed E-state index contributed by atoms with van der Waals surface area (Å²) in [5.74, 6) is 0. The Balaban J connectivity index is 2.99. The fourth-order valence-corrected chi connectivity index (χ4v) is 2.39. The Kier molecular flexibility index (Phi) is 3.92. The molecule has 1 rings (SSSR count). The summed E-state index contributed by atoms with van der Waals surface area (Å²) in [5, 5.41) is 0.184. The first-order valence-corrected chi connectivity index (χ1v) is 6.00. The fourth-order valence-electron chi connectivity index (χ4n) is 0.904. The summed E-state index contributed by atoms with van der Waals surface area (Å²) < 4.78 is 27.7. The van der Waals surface area contributed by atoms with Gasteiger partial charge >= 0.3 is 0 Å². The van der Waals surface area contributed by atoms with E-state index in [1.54, 1.807) is 12.1 Å². The van der Waals surface area contributed by atoms with Gasteiger partial charge in [0.15, 0.2) is 0 Å². The molecule has 3 nitrogen and oxygen atoms in total. The van der Waals surface area contributed by atoms with Gasteiger partial charge in [0, 0.05) is 0 Å². The van der Waals surface area contributed by atoms with E-state index in [9.17, 15) is 8.42 Å². The molecule has 0 radical (unpaired) electrons. The second-order valence-electron chi connectivity index (χ2n) is 2.71. The molecule has 14 heavy (non-hydrogen) atoms. The van der Waals surface area contributed by atoms with E-state index in [4.69, 9.17) is 15.8 Å². The van der Waals surface area contributed by atoms with Gasteiger partial charge in [0.25, 0.3) is 10.1 Å². The van der Waals surface area contributed by atoms with Crippen LogP contribution in [-0.2, 0) is 14.3 Å². The second-order valence-corrected chi connectivity index (χ2v) is 4.70. The molecule has 0 bridgehead atoms. The minimum atomic E-state index is -3.69. The van der Waals surface area contributed by atoms with E-state index in [-0.39, 0.29) is 16.5 Å². The first kappa shape index (κ1) is 11.5. The number of hydrogen-bond donors (Lipinski definition) is 0. The maximum absolute atomic E-state index is 11.5. The fraction of sp³-hybridized carbons (Fsp3) is 0.333. The van der Waals surface area contributed by atoms with E-state index in [2.05, 4.69) is 0 Å². The van der Waals surface area contributed by atoms with Crippen LogP contribution in [0, 0.1) is 0 Å². The van der Waals surface area contributed by atoms with Crippen LogP contribution in [0.4, 0.5) is 0 Å². The Morgan fingerprint density at radius 1 is 1.36 bits per heavy atom. The lowest BCUT2D eigenvalue weighted by Crippen LogP contribution is -2.07. The second kappa shape index (κ2) is 4.77. The highest BCUT2D eigenvalue weighted by atomic mass is 35.5. The number of rotatable bonds is 4. The first-order valence-electron chi connectivity index (χ1n) is 4.22. The van der Waals surface area contributed by atoms with Crippen LogP contribution in [-0.4, -0.2) is 15.0 Å². The predicted molar refractivity (Wildman–Crippen MR) is 54.9 cm³/mol. The highest BCUT2D eigenvalue weighted by Gasteiger charge is 2.17. The monoisotopic (exact) mass is 234 g/mol. The topological polar surface area (TPSA) is 43.4 Å². The third-order valence-electron chi connectivity index (χ3n) is 1.55. The van der Waals surface area contributed by atoms with Crippen molar-refractivity contribution >= 4 is 21.7 Å². The van der Waals surface area contributed by atoms with Gasteiger partial charge in [-0.2, -0.15) is 8.42 Å². The molecular formula is C9H11ClO3S. The van der Waals surface area contributed by atoms with Crippen molar-refractivity contribution in [2.24, 2.45) is 0 Å². The van der Waals surface area contributed by atoms with Crippen molar-refractivity contribution in [1.29, 1.82) is 0 Å². The van der Waals surface area contributed by atoms with Crippen LogP contribution in [0.1, 0.15) is 13.3 Å². The van der Waals surface area contributed by atoms with E-state index in [1.165, 1.54) is 12.1 Å². The molecule has 78 valence electrons. The normalized spacial score (nSPS) is 11.6. The Labute approximate surface area is 88.8 Å². The van der Waals surface area contributed by atoms with Crippen LogP contribution < -0.4 is 0 Å². The maximum atomic E-state index is 11.5. The van der Waals surface area contributed by atoms with Gasteiger partial charge in [0.1, 0.15) is 4.90 Å². The summed E-state index contributed by atoms with van der Waals surface area (Å²) in [6, 6.07) is 6.21. The highest BCUT2D eigenvalue weighted by molar-refractivity contribution is 7.86. The lowest BCUT2D eigenvalue weighted by molar-refractivity contribution is 0.318. The Hall–Kier alpha value is -0.580. The Bertz CT molecular complexity index is 400.